The Morgan fingerprint density at radius 2 is 1.77 bits per heavy atom. The molecule has 1 fully saturated rings. The van der Waals surface area contributed by atoms with Gasteiger partial charge >= 0.3 is 0 Å². The van der Waals surface area contributed by atoms with Gasteiger partial charge in [-0.2, -0.15) is 5.26 Å². The van der Waals surface area contributed by atoms with Crippen LogP contribution in [0.3, 0.4) is 0 Å². The van der Waals surface area contributed by atoms with E-state index in [2.05, 4.69) is 21.2 Å². The summed E-state index contributed by atoms with van der Waals surface area (Å²) in [5, 5.41) is 11.9. The van der Waals surface area contributed by atoms with Crippen molar-refractivity contribution >= 4 is 11.6 Å². The largest absolute Gasteiger partial charge is 0.497 e. The van der Waals surface area contributed by atoms with Crippen LogP contribution in [-0.4, -0.2) is 62.7 Å². The average Bonchev–Trinajstić information content (AvgIpc) is 2.99. The molecule has 0 atom stereocenters. The molecule has 7 nitrogen and oxygen atoms in total. The van der Waals surface area contributed by atoms with Gasteiger partial charge < -0.3 is 14.8 Å². The van der Waals surface area contributed by atoms with E-state index in [1.807, 2.05) is 24.3 Å². The minimum Gasteiger partial charge on any atom is -0.497 e. The first-order valence-corrected chi connectivity index (χ1v) is 10.1. The van der Waals surface area contributed by atoms with E-state index in [9.17, 15) is 4.79 Å². The third kappa shape index (κ3) is 5.96. The molecule has 1 aliphatic rings. The number of hydrogen-bond acceptors (Lipinski definition) is 6. The highest BCUT2D eigenvalue weighted by Crippen LogP contribution is 2.28. The molecule has 0 aromatic heterocycles. The molecule has 0 bridgehead atoms. The molecule has 0 unspecified atom stereocenters. The maximum Gasteiger partial charge on any atom is 0.238 e. The standard InChI is InChI=1S/C23H28N4O3/c1-29-20-8-9-22(30-2)21(14-20)25-23(28)17-27-11-3-10-26(12-13-27)16-19-6-4-18(15-24)5-7-19/h4-9,14H,3,10-13,16-17H2,1-2H3,(H,25,28). The number of ether oxygens (including phenoxy) is 2. The Bertz CT molecular complexity index is 892. The number of amides is 1. The van der Waals surface area contributed by atoms with E-state index in [-0.39, 0.29) is 5.91 Å². The number of nitriles is 1. The molecule has 0 aliphatic carbocycles. The molecule has 158 valence electrons. The summed E-state index contributed by atoms with van der Waals surface area (Å²) in [6.07, 6.45) is 1.01. The van der Waals surface area contributed by atoms with Crippen molar-refractivity contribution in [2.45, 2.75) is 13.0 Å². The maximum absolute atomic E-state index is 12.6. The fourth-order valence-electron chi connectivity index (χ4n) is 3.59. The minimum atomic E-state index is -0.0675. The fourth-order valence-corrected chi connectivity index (χ4v) is 3.59. The van der Waals surface area contributed by atoms with Gasteiger partial charge in [0.2, 0.25) is 5.91 Å². The lowest BCUT2D eigenvalue weighted by atomic mass is 10.1. The summed E-state index contributed by atoms with van der Waals surface area (Å²) >= 11 is 0. The number of carbonyl (C=O) groups is 1. The molecule has 2 aromatic rings. The Hall–Kier alpha value is -3.08. The summed E-state index contributed by atoms with van der Waals surface area (Å²) in [4.78, 5) is 17.2. The number of methoxy groups -OCH3 is 2. The molecule has 1 heterocycles. The number of hydrogen-bond donors (Lipinski definition) is 1. The predicted molar refractivity (Wildman–Crippen MR) is 116 cm³/mol. The summed E-state index contributed by atoms with van der Waals surface area (Å²) in [5.41, 5.74) is 2.49. The molecule has 7 heteroatoms. The molecular weight excluding hydrogens is 380 g/mol. The smallest absolute Gasteiger partial charge is 0.238 e. The van der Waals surface area contributed by atoms with E-state index in [0.29, 0.717) is 29.3 Å². The van der Waals surface area contributed by atoms with Crippen molar-refractivity contribution in [3.8, 4) is 17.6 Å². The summed E-state index contributed by atoms with van der Waals surface area (Å²) in [5.74, 6) is 1.20. The number of nitrogens with zero attached hydrogens (tertiary/aromatic N) is 3. The zero-order valence-electron chi connectivity index (χ0n) is 17.6. The van der Waals surface area contributed by atoms with Gasteiger partial charge in [0.25, 0.3) is 0 Å². The SMILES string of the molecule is COc1ccc(OC)c(NC(=O)CN2CCCN(Cc3ccc(C#N)cc3)CC2)c1. The summed E-state index contributed by atoms with van der Waals surface area (Å²) in [6, 6.07) is 15.2. The lowest BCUT2D eigenvalue weighted by Gasteiger charge is -2.22. The van der Waals surface area contributed by atoms with Gasteiger partial charge in [-0.05, 0) is 49.3 Å². The van der Waals surface area contributed by atoms with E-state index in [1.165, 1.54) is 5.56 Å². The highest BCUT2D eigenvalue weighted by atomic mass is 16.5. The predicted octanol–water partition coefficient (Wildman–Crippen LogP) is 2.72. The quantitative estimate of drug-likeness (QED) is 0.759. The third-order valence-corrected chi connectivity index (χ3v) is 5.22. The zero-order chi connectivity index (χ0) is 21.3. The molecule has 3 rings (SSSR count). The van der Waals surface area contributed by atoms with E-state index in [0.717, 1.165) is 39.1 Å². The Morgan fingerprint density at radius 1 is 1.03 bits per heavy atom. The van der Waals surface area contributed by atoms with Crippen LogP contribution in [0.4, 0.5) is 5.69 Å². The van der Waals surface area contributed by atoms with Crippen molar-refractivity contribution in [2.75, 3.05) is 52.3 Å². The maximum atomic E-state index is 12.6. The molecule has 2 aromatic carbocycles. The van der Waals surface area contributed by atoms with Gasteiger partial charge in [0.15, 0.2) is 0 Å². The van der Waals surface area contributed by atoms with Gasteiger partial charge in [0, 0.05) is 25.7 Å². The fraction of sp³-hybridized carbons (Fsp3) is 0.391. The summed E-state index contributed by atoms with van der Waals surface area (Å²) in [7, 11) is 3.17. The van der Waals surface area contributed by atoms with Crippen molar-refractivity contribution in [1.82, 2.24) is 9.80 Å². The van der Waals surface area contributed by atoms with Crippen LogP contribution in [-0.2, 0) is 11.3 Å². The van der Waals surface area contributed by atoms with Crippen molar-refractivity contribution in [3.63, 3.8) is 0 Å². The van der Waals surface area contributed by atoms with Gasteiger partial charge in [-0.15, -0.1) is 0 Å². The van der Waals surface area contributed by atoms with Crippen LogP contribution in [0.5, 0.6) is 11.5 Å². The highest BCUT2D eigenvalue weighted by Gasteiger charge is 2.18. The molecular formula is C23H28N4O3. The van der Waals surface area contributed by atoms with Gasteiger partial charge in [-0.3, -0.25) is 14.6 Å². The average molecular weight is 409 g/mol. The molecule has 1 amide bonds. The Morgan fingerprint density at radius 3 is 2.47 bits per heavy atom. The van der Waals surface area contributed by atoms with Gasteiger partial charge in [0.1, 0.15) is 11.5 Å². The van der Waals surface area contributed by atoms with Gasteiger partial charge in [0.05, 0.1) is 38.1 Å². The molecule has 1 N–H and O–H groups in total. The van der Waals surface area contributed by atoms with E-state index in [4.69, 9.17) is 14.7 Å². The second-order valence-corrected chi connectivity index (χ2v) is 7.33. The van der Waals surface area contributed by atoms with Crippen LogP contribution in [0.2, 0.25) is 0 Å². The second-order valence-electron chi connectivity index (χ2n) is 7.33. The Kier molecular flexibility index (Phi) is 7.66. The molecule has 30 heavy (non-hydrogen) atoms. The monoisotopic (exact) mass is 408 g/mol. The molecule has 1 aliphatic heterocycles. The molecule has 1 saturated heterocycles. The lowest BCUT2D eigenvalue weighted by Crippen LogP contribution is -2.36. The van der Waals surface area contributed by atoms with Crippen LogP contribution in [0.1, 0.15) is 17.5 Å². The number of benzene rings is 2. The lowest BCUT2D eigenvalue weighted by molar-refractivity contribution is -0.117. The third-order valence-electron chi connectivity index (χ3n) is 5.22. The number of rotatable bonds is 7. The van der Waals surface area contributed by atoms with Gasteiger partial charge in [-0.25, -0.2) is 0 Å². The van der Waals surface area contributed by atoms with Crippen molar-refractivity contribution in [1.29, 1.82) is 5.26 Å². The first-order valence-electron chi connectivity index (χ1n) is 10.1. The molecule has 0 saturated carbocycles. The zero-order valence-corrected chi connectivity index (χ0v) is 17.6. The Labute approximate surface area is 177 Å². The number of nitrogens with one attached hydrogen (secondary N) is 1. The van der Waals surface area contributed by atoms with E-state index >= 15 is 0 Å². The van der Waals surface area contributed by atoms with Crippen molar-refractivity contribution in [2.24, 2.45) is 0 Å². The first-order chi connectivity index (χ1) is 14.6. The van der Waals surface area contributed by atoms with Crippen LogP contribution in [0.25, 0.3) is 0 Å². The van der Waals surface area contributed by atoms with E-state index < -0.39 is 0 Å². The van der Waals surface area contributed by atoms with Gasteiger partial charge in [-0.1, -0.05) is 12.1 Å². The molecule has 0 spiro atoms. The van der Waals surface area contributed by atoms with Crippen LogP contribution in [0, 0.1) is 11.3 Å². The Balaban J connectivity index is 1.52. The second kappa shape index (κ2) is 10.6. The highest BCUT2D eigenvalue weighted by molar-refractivity contribution is 5.94. The number of carbonyl (C=O) groups excluding carboxylic acids is 1. The number of anilines is 1. The molecule has 0 radical (unpaired) electrons. The van der Waals surface area contributed by atoms with Crippen LogP contribution >= 0.6 is 0 Å². The van der Waals surface area contributed by atoms with Crippen LogP contribution in [0.15, 0.2) is 42.5 Å². The summed E-state index contributed by atoms with van der Waals surface area (Å²) < 4.78 is 10.6. The minimum absolute atomic E-state index is 0.0675. The summed E-state index contributed by atoms with van der Waals surface area (Å²) in [6.45, 7) is 4.79. The topological polar surface area (TPSA) is 77.8 Å². The first kappa shape index (κ1) is 21.6. The van der Waals surface area contributed by atoms with Crippen molar-refractivity contribution in [3.05, 3.63) is 53.6 Å². The van der Waals surface area contributed by atoms with Crippen molar-refractivity contribution < 1.29 is 14.3 Å². The normalized spacial score (nSPS) is 15.1. The van der Waals surface area contributed by atoms with E-state index in [1.54, 1.807) is 32.4 Å². The van der Waals surface area contributed by atoms with Crippen LogP contribution < -0.4 is 14.8 Å².